The number of anilines is 1. The fraction of sp³-hybridized carbons (Fsp3) is 0.263. The number of nitrogens with zero attached hydrogens (tertiary/aromatic N) is 1. The third kappa shape index (κ3) is 4.60. The Labute approximate surface area is 156 Å². The number of ether oxygens (including phenoxy) is 1. The Hall–Kier alpha value is -2.34. The minimum atomic E-state index is -0.262. The van der Waals surface area contributed by atoms with Gasteiger partial charge in [-0.15, -0.1) is 0 Å². The van der Waals surface area contributed by atoms with Crippen LogP contribution in [0.25, 0.3) is 0 Å². The molecule has 25 heavy (non-hydrogen) atoms. The van der Waals surface area contributed by atoms with Crippen molar-refractivity contribution in [1.82, 2.24) is 4.90 Å². The fourth-order valence-corrected chi connectivity index (χ4v) is 2.78. The number of methoxy groups -OCH3 is 1. The number of hydrogen-bond acceptors (Lipinski definition) is 3. The molecule has 6 heteroatoms. The molecular weight excluding hydrogens is 384 g/mol. The maximum absolute atomic E-state index is 12.6. The summed E-state index contributed by atoms with van der Waals surface area (Å²) in [5.74, 6) is 0.0743. The second-order valence-corrected chi connectivity index (χ2v) is 6.66. The minimum absolute atomic E-state index is 0.0458. The zero-order valence-electron chi connectivity index (χ0n) is 14.7. The van der Waals surface area contributed by atoms with E-state index in [1.54, 1.807) is 32.4 Å². The molecule has 0 aliphatic rings. The normalized spacial score (nSPS) is 10.3. The van der Waals surface area contributed by atoms with Crippen molar-refractivity contribution in [2.75, 3.05) is 26.0 Å². The molecule has 0 fully saturated rings. The van der Waals surface area contributed by atoms with E-state index in [4.69, 9.17) is 4.74 Å². The summed E-state index contributed by atoms with van der Waals surface area (Å²) in [7, 11) is 3.13. The molecule has 2 aromatic carbocycles. The molecule has 132 valence electrons. The number of carbonyl (C=O) groups excluding carboxylic acids is 2. The van der Waals surface area contributed by atoms with Crippen LogP contribution in [0, 0.1) is 13.8 Å². The summed E-state index contributed by atoms with van der Waals surface area (Å²) in [6, 6.07) is 10.9. The second kappa shape index (κ2) is 8.16. The van der Waals surface area contributed by atoms with Crippen LogP contribution in [-0.4, -0.2) is 37.4 Å². The summed E-state index contributed by atoms with van der Waals surface area (Å²) in [5.41, 5.74) is 3.32. The predicted octanol–water partition coefficient (Wildman–Crippen LogP) is 3.79. The lowest BCUT2D eigenvalue weighted by molar-refractivity contribution is -0.116. The highest BCUT2D eigenvalue weighted by molar-refractivity contribution is 9.10. The summed E-state index contributed by atoms with van der Waals surface area (Å²) in [4.78, 5) is 26.3. The van der Waals surface area contributed by atoms with Crippen LogP contribution in [0.4, 0.5) is 5.69 Å². The van der Waals surface area contributed by atoms with Crippen molar-refractivity contribution in [3.8, 4) is 5.75 Å². The van der Waals surface area contributed by atoms with Gasteiger partial charge in [0.05, 0.1) is 19.2 Å². The number of amides is 2. The van der Waals surface area contributed by atoms with Gasteiger partial charge in [-0.05, 0) is 65.2 Å². The number of aryl methyl sites for hydroxylation is 1. The molecular formula is C19H21BrN2O3. The quantitative estimate of drug-likeness (QED) is 0.824. The molecule has 0 saturated carbocycles. The fourth-order valence-electron chi connectivity index (χ4n) is 2.36. The molecule has 0 spiro atoms. The standard InChI is InChI=1S/C19H21BrN2O3/c1-12-6-5-7-17(13(12)2)21-18(23)11-22(3)19(24)15-10-14(25-4)8-9-16(15)20/h5-10H,11H2,1-4H3,(H,21,23). The van der Waals surface area contributed by atoms with Gasteiger partial charge < -0.3 is 15.0 Å². The van der Waals surface area contributed by atoms with Crippen LogP contribution in [0.3, 0.4) is 0 Å². The first-order valence-electron chi connectivity index (χ1n) is 7.78. The monoisotopic (exact) mass is 404 g/mol. The van der Waals surface area contributed by atoms with Crippen LogP contribution in [0.1, 0.15) is 21.5 Å². The summed E-state index contributed by atoms with van der Waals surface area (Å²) in [5, 5.41) is 2.86. The minimum Gasteiger partial charge on any atom is -0.497 e. The largest absolute Gasteiger partial charge is 0.497 e. The molecule has 0 aromatic heterocycles. The molecule has 0 saturated heterocycles. The van der Waals surface area contributed by atoms with Crippen molar-refractivity contribution in [3.63, 3.8) is 0 Å². The molecule has 2 rings (SSSR count). The molecule has 0 heterocycles. The maximum Gasteiger partial charge on any atom is 0.255 e. The van der Waals surface area contributed by atoms with E-state index in [9.17, 15) is 9.59 Å². The van der Waals surface area contributed by atoms with Crippen LogP contribution in [0.2, 0.25) is 0 Å². The molecule has 0 bridgehead atoms. The first kappa shape index (κ1) is 19.0. The number of rotatable bonds is 5. The Morgan fingerprint density at radius 1 is 1.20 bits per heavy atom. The Bertz CT molecular complexity index is 805. The van der Waals surface area contributed by atoms with Crippen LogP contribution < -0.4 is 10.1 Å². The summed E-state index contributed by atoms with van der Waals surface area (Å²) in [6.45, 7) is 3.89. The van der Waals surface area contributed by atoms with Gasteiger partial charge in [0.2, 0.25) is 5.91 Å². The van der Waals surface area contributed by atoms with E-state index >= 15 is 0 Å². The average Bonchev–Trinajstić information content (AvgIpc) is 2.58. The van der Waals surface area contributed by atoms with E-state index < -0.39 is 0 Å². The number of likely N-dealkylation sites (N-methyl/N-ethyl adjacent to an activating group) is 1. The van der Waals surface area contributed by atoms with E-state index in [0.717, 1.165) is 16.8 Å². The lowest BCUT2D eigenvalue weighted by Crippen LogP contribution is -2.35. The second-order valence-electron chi connectivity index (χ2n) is 5.80. The number of halogens is 1. The predicted molar refractivity (Wildman–Crippen MR) is 102 cm³/mol. The van der Waals surface area contributed by atoms with Crippen LogP contribution >= 0.6 is 15.9 Å². The van der Waals surface area contributed by atoms with E-state index in [1.165, 1.54) is 4.90 Å². The van der Waals surface area contributed by atoms with Gasteiger partial charge in [0.15, 0.2) is 0 Å². The van der Waals surface area contributed by atoms with Crippen LogP contribution in [0.5, 0.6) is 5.75 Å². The highest BCUT2D eigenvalue weighted by atomic mass is 79.9. The molecule has 0 atom stereocenters. The number of hydrogen-bond donors (Lipinski definition) is 1. The van der Waals surface area contributed by atoms with E-state index in [1.807, 2.05) is 32.0 Å². The van der Waals surface area contributed by atoms with Gasteiger partial charge in [0.1, 0.15) is 5.75 Å². The van der Waals surface area contributed by atoms with Crippen LogP contribution in [0.15, 0.2) is 40.9 Å². The van der Waals surface area contributed by atoms with Gasteiger partial charge in [0.25, 0.3) is 5.91 Å². The van der Waals surface area contributed by atoms with Crippen molar-refractivity contribution in [2.24, 2.45) is 0 Å². The van der Waals surface area contributed by atoms with E-state index in [2.05, 4.69) is 21.2 Å². The highest BCUT2D eigenvalue weighted by Crippen LogP contribution is 2.23. The SMILES string of the molecule is COc1ccc(Br)c(C(=O)N(C)CC(=O)Nc2cccc(C)c2C)c1. The van der Waals surface area contributed by atoms with E-state index in [-0.39, 0.29) is 18.4 Å². The smallest absolute Gasteiger partial charge is 0.255 e. The lowest BCUT2D eigenvalue weighted by atomic mass is 10.1. The summed E-state index contributed by atoms with van der Waals surface area (Å²) >= 11 is 3.36. The zero-order valence-corrected chi connectivity index (χ0v) is 16.3. The summed E-state index contributed by atoms with van der Waals surface area (Å²) < 4.78 is 5.81. The Morgan fingerprint density at radius 2 is 1.92 bits per heavy atom. The Balaban J connectivity index is 2.08. The van der Waals surface area contributed by atoms with Crippen molar-refractivity contribution in [1.29, 1.82) is 0 Å². The molecule has 5 nitrogen and oxygen atoms in total. The van der Waals surface area contributed by atoms with Crippen molar-refractivity contribution in [3.05, 3.63) is 57.6 Å². The molecule has 2 aromatic rings. The molecule has 0 unspecified atom stereocenters. The number of benzene rings is 2. The lowest BCUT2D eigenvalue weighted by Gasteiger charge is -2.19. The highest BCUT2D eigenvalue weighted by Gasteiger charge is 2.18. The third-order valence-corrected chi connectivity index (χ3v) is 4.70. The van der Waals surface area contributed by atoms with Gasteiger partial charge in [-0.1, -0.05) is 12.1 Å². The average molecular weight is 405 g/mol. The maximum atomic E-state index is 12.6. The molecule has 0 aliphatic heterocycles. The Kier molecular flexibility index (Phi) is 6.20. The van der Waals surface area contributed by atoms with E-state index in [0.29, 0.717) is 15.8 Å². The number of carbonyl (C=O) groups is 2. The summed E-state index contributed by atoms with van der Waals surface area (Å²) in [6.07, 6.45) is 0. The molecule has 1 N–H and O–H groups in total. The molecule has 0 aliphatic carbocycles. The first-order valence-corrected chi connectivity index (χ1v) is 8.58. The topological polar surface area (TPSA) is 58.6 Å². The van der Waals surface area contributed by atoms with Crippen molar-refractivity contribution >= 4 is 33.4 Å². The first-order chi connectivity index (χ1) is 11.8. The van der Waals surface area contributed by atoms with Gasteiger partial charge in [-0.3, -0.25) is 9.59 Å². The van der Waals surface area contributed by atoms with Crippen molar-refractivity contribution < 1.29 is 14.3 Å². The Morgan fingerprint density at radius 3 is 2.60 bits per heavy atom. The van der Waals surface area contributed by atoms with Crippen molar-refractivity contribution in [2.45, 2.75) is 13.8 Å². The zero-order chi connectivity index (χ0) is 18.6. The van der Waals surface area contributed by atoms with Gasteiger partial charge in [-0.25, -0.2) is 0 Å². The van der Waals surface area contributed by atoms with Gasteiger partial charge in [0, 0.05) is 17.2 Å². The molecule has 2 amide bonds. The van der Waals surface area contributed by atoms with Gasteiger partial charge >= 0.3 is 0 Å². The third-order valence-electron chi connectivity index (χ3n) is 4.01. The molecule has 0 radical (unpaired) electrons. The van der Waals surface area contributed by atoms with Crippen LogP contribution in [-0.2, 0) is 4.79 Å². The number of nitrogens with one attached hydrogen (secondary N) is 1. The van der Waals surface area contributed by atoms with Gasteiger partial charge in [-0.2, -0.15) is 0 Å².